The third kappa shape index (κ3) is 5.14. The van der Waals surface area contributed by atoms with Crippen LogP contribution < -0.4 is 15.2 Å². The molecule has 136 valence electrons. The molecule has 0 aliphatic carbocycles. The van der Waals surface area contributed by atoms with Crippen molar-refractivity contribution in [2.24, 2.45) is 0 Å². The summed E-state index contributed by atoms with van der Waals surface area (Å²) in [6.07, 6.45) is 2.58. The molecule has 0 unspecified atom stereocenters. The number of methoxy groups -OCH3 is 2. The lowest BCUT2D eigenvalue weighted by Gasteiger charge is -2.08. The summed E-state index contributed by atoms with van der Waals surface area (Å²) in [7, 11) is 3.23. The summed E-state index contributed by atoms with van der Waals surface area (Å²) >= 11 is 0. The Labute approximate surface area is 147 Å². The maximum Gasteiger partial charge on any atom is 0.436 e. The largest absolute Gasteiger partial charge is 0.497 e. The maximum atomic E-state index is 12.0. The van der Waals surface area contributed by atoms with Crippen molar-refractivity contribution in [3.05, 3.63) is 35.5 Å². The summed E-state index contributed by atoms with van der Waals surface area (Å²) in [5.74, 6) is 1.75. The summed E-state index contributed by atoms with van der Waals surface area (Å²) in [5.41, 5.74) is 7.65. The monoisotopic (exact) mass is 347 g/mol. The van der Waals surface area contributed by atoms with Gasteiger partial charge in [0.2, 0.25) is 0 Å². The quantitative estimate of drug-likeness (QED) is 0.738. The number of carbonyl (C=O) groups is 1. The second-order valence-corrected chi connectivity index (χ2v) is 5.66. The normalized spacial score (nSPS) is 10.5. The van der Waals surface area contributed by atoms with E-state index in [0.29, 0.717) is 13.0 Å². The zero-order valence-corrected chi connectivity index (χ0v) is 14.9. The minimum atomic E-state index is -0.541. The number of hydrogen-bond donors (Lipinski definition) is 1. The van der Waals surface area contributed by atoms with Crippen LogP contribution in [-0.2, 0) is 17.6 Å². The number of nitrogen functional groups attached to an aromatic ring is 1. The van der Waals surface area contributed by atoms with Crippen LogP contribution in [0.2, 0.25) is 0 Å². The van der Waals surface area contributed by atoms with Gasteiger partial charge in [-0.25, -0.2) is 4.79 Å². The fourth-order valence-corrected chi connectivity index (χ4v) is 2.36. The van der Waals surface area contributed by atoms with Crippen LogP contribution in [0.15, 0.2) is 24.3 Å². The van der Waals surface area contributed by atoms with Gasteiger partial charge >= 0.3 is 6.09 Å². The average molecular weight is 347 g/mol. The number of hydrogen-bond acceptors (Lipinski definition) is 6. The van der Waals surface area contributed by atoms with E-state index in [0.717, 1.165) is 46.7 Å². The maximum absolute atomic E-state index is 12.0. The lowest BCUT2D eigenvalue weighted by Crippen LogP contribution is -2.18. The van der Waals surface area contributed by atoms with Crippen molar-refractivity contribution in [3.8, 4) is 11.5 Å². The first kappa shape index (κ1) is 18.6. The average Bonchev–Trinajstić information content (AvgIpc) is 3.00. The molecule has 2 aromatic rings. The van der Waals surface area contributed by atoms with Gasteiger partial charge in [-0.2, -0.15) is 5.10 Å². The van der Waals surface area contributed by atoms with Gasteiger partial charge in [-0.3, -0.25) is 0 Å². The molecule has 2 N–H and O–H groups in total. The van der Waals surface area contributed by atoms with Gasteiger partial charge < -0.3 is 19.9 Å². The molecular formula is C18H25N3O4. The number of unbranched alkanes of at least 4 members (excludes halogenated alkanes) is 1. The van der Waals surface area contributed by atoms with Gasteiger partial charge in [0.15, 0.2) is 0 Å². The number of aromatic nitrogens is 2. The van der Waals surface area contributed by atoms with Crippen LogP contribution in [0.1, 0.15) is 31.0 Å². The number of nitrogens with zero attached hydrogens (tertiary/aromatic N) is 2. The molecule has 0 atom stereocenters. The van der Waals surface area contributed by atoms with Crippen LogP contribution in [0.5, 0.6) is 11.5 Å². The van der Waals surface area contributed by atoms with E-state index in [-0.39, 0.29) is 5.82 Å². The second kappa shape index (κ2) is 8.96. The van der Waals surface area contributed by atoms with Crippen LogP contribution in [0.25, 0.3) is 0 Å². The number of rotatable bonds is 8. The summed E-state index contributed by atoms with van der Waals surface area (Å²) < 4.78 is 16.8. The number of carbonyl (C=O) groups excluding carboxylic acids is 1. The third-order valence-corrected chi connectivity index (χ3v) is 3.76. The van der Waals surface area contributed by atoms with Crippen LogP contribution >= 0.6 is 0 Å². The standard InChI is InChI=1S/C18H25N3O4/c1-4-5-8-25-18(22)21-17(19)11-14(20-21)7-6-13-9-15(23-2)12-16(10-13)24-3/h9-12H,4-8,19H2,1-3H3. The molecule has 0 amide bonds. The van der Waals surface area contributed by atoms with E-state index in [1.807, 2.05) is 25.1 Å². The molecule has 0 radical (unpaired) electrons. The third-order valence-electron chi connectivity index (χ3n) is 3.76. The summed E-state index contributed by atoms with van der Waals surface area (Å²) in [4.78, 5) is 12.0. The van der Waals surface area contributed by atoms with Crippen molar-refractivity contribution < 1.29 is 19.0 Å². The van der Waals surface area contributed by atoms with Crippen molar-refractivity contribution in [1.82, 2.24) is 9.78 Å². The lowest BCUT2D eigenvalue weighted by molar-refractivity contribution is 0.143. The van der Waals surface area contributed by atoms with E-state index in [1.165, 1.54) is 0 Å². The Kier molecular flexibility index (Phi) is 6.68. The first-order valence-corrected chi connectivity index (χ1v) is 8.30. The molecule has 2 rings (SSSR count). The Morgan fingerprint density at radius 2 is 1.80 bits per heavy atom. The molecule has 7 nitrogen and oxygen atoms in total. The first-order chi connectivity index (χ1) is 12.1. The molecule has 0 saturated heterocycles. The van der Waals surface area contributed by atoms with Gasteiger partial charge in [0.25, 0.3) is 0 Å². The van der Waals surface area contributed by atoms with Gasteiger partial charge in [0.1, 0.15) is 17.3 Å². The molecule has 1 heterocycles. The lowest BCUT2D eigenvalue weighted by atomic mass is 10.1. The highest BCUT2D eigenvalue weighted by molar-refractivity contribution is 5.73. The minimum absolute atomic E-state index is 0.278. The molecule has 7 heteroatoms. The highest BCUT2D eigenvalue weighted by Gasteiger charge is 2.13. The Balaban J connectivity index is 2.02. The Morgan fingerprint density at radius 1 is 1.12 bits per heavy atom. The number of nitrogens with two attached hydrogens (primary N) is 1. The van der Waals surface area contributed by atoms with Crippen molar-refractivity contribution >= 4 is 11.9 Å². The van der Waals surface area contributed by atoms with E-state index in [1.54, 1.807) is 20.3 Å². The number of ether oxygens (including phenoxy) is 3. The van der Waals surface area contributed by atoms with Crippen molar-refractivity contribution in [2.45, 2.75) is 32.6 Å². The van der Waals surface area contributed by atoms with E-state index in [4.69, 9.17) is 19.9 Å². The van der Waals surface area contributed by atoms with Gasteiger partial charge in [-0.05, 0) is 37.0 Å². The molecule has 0 aliphatic heterocycles. The zero-order chi connectivity index (χ0) is 18.2. The Hall–Kier alpha value is -2.70. The van der Waals surface area contributed by atoms with Crippen LogP contribution in [-0.4, -0.2) is 36.7 Å². The molecule has 0 spiro atoms. The summed E-state index contributed by atoms with van der Waals surface area (Å²) in [6.45, 7) is 2.40. The van der Waals surface area contributed by atoms with Crippen LogP contribution in [0.3, 0.4) is 0 Å². The molecule has 0 saturated carbocycles. The van der Waals surface area contributed by atoms with E-state index in [2.05, 4.69) is 5.10 Å². The second-order valence-electron chi connectivity index (χ2n) is 5.66. The fraction of sp³-hybridized carbons (Fsp3) is 0.444. The van der Waals surface area contributed by atoms with Crippen molar-refractivity contribution in [3.63, 3.8) is 0 Å². The Morgan fingerprint density at radius 3 is 2.40 bits per heavy atom. The molecule has 1 aromatic carbocycles. The summed E-state index contributed by atoms with van der Waals surface area (Å²) in [6, 6.07) is 7.41. The topological polar surface area (TPSA) is 88.6 Å². The van der Waals surface area contributed by atoms with Crippen molar-refractivity contribution in [1.29, 1.82) is 0 Å². The highest BCUT2D eigenvalue weighted by Crippen LogP contribution is 2.23. The van der Waals surface area contributed by atoms with Crippen LogP contribution in [0.4, 0.5) is 10.6 Å². The SMILES string of the molecule is CCCCOC(=O)n1nc(CCc2cc(OC)cc(OC)c2)cc1N. The van der Waals surface area contributed by atoms with E-state index < -0.39 is 6.09 Å². The summed E-state index contributed by atoms with van der Waals surface area (Å²) in [5, 5.41) is 4.24. The Bertz CT molecular complexity index is 690. The van der Waals surface area contributed by atoms with Gasteiger partial charge in [0.05, 0.1) is 26.5 Å². The molecule has 25 heavy (non-hydrogen) atoms. The van der Waals surface area contributed by atoms with Crippen LogP contribution in [0, 0.1) is 0 Å². The van der Waals surface area contributed by atoms with E-state index in [9.17, 15) is 4.79 Å². The molecule has 0 bridgehead atoms. The van der Waals surface area contributed by atoms with Gasteiger partial charge in [-0.1, -0.05) is 13.3 Å². The fourth-order valence-electron chi connectivity index (χ4n) is 2.36. The first-order valence-electron chi connectivity index (χ1n) is 8.30. The predicted octanol–water partition coefficient (Wildman–Crippen LogP) is 3.05. The predicted molar refractivity (Wildman–Crippen MR) is 95.2 cm³/mol. The zero-order valence-electron chi connectivity index (χ0n) is 14.9. The number of aryl methyl sites for hydroxylation is 2. The molecular weight excluding hydrogens is 322 g/mol. The van der Waals surface area contributed by atoms with E-state index >= 15 is 0 Å². The highest BCUT2D eigenvalue weighted by atomic mass is 16.6. The van der Waals surface area contributed by atoms with Gasteiger partial charge in [-0.15, -0.1) is 4.68 Å². The molecule has 1 aromatic heterocycles. The number of anilines is 1. The molecule has 0 fully saturated rings. The number of benzene rings is 1. The van der Waals surface area contributed by atoms with Gasteiger partial charge in [0, 0.05) is 12.1 Å². The minimum Gasteiger partial charge on any atom is -0.497 e. The molecule has 0 aliphatic rings. The smallest absolute Gasteiger partial charge is 0.436 e. The van der Waals surface area contributed by atoms with Crippen molar-refractivity contribution in [2.75, 3.05) is 26.6 Å².